The Labute approximate surface area is 257 Å². The van der Waals surface area contributed by atoms with Gasteiger partial charge in [-0.05, 0) is 61.2 Å². The maximum atomic E-state index is 14.2. The first-order valence-corrected chi connectivity index (χ1v) is 16.1. The number of halogens is 3. The predicted molar refractivity (Wildman–Crippen MR) is 167 cm³/mol. The zero-order chi connectivity index (χ0) is 30.3. The molecule has 0 saturated heterocycles. The van der Waals surface area contributed by atoms with Crippen molar-refractivity contribution in [3.8, 4) is 0 Å². The molecule has 0 fully saturated rings. The van der Waals surface area contributed by atoms with Crippen molar-refractivity contribution in [2.24, 2.45) is 0 Å². The van der Waals surface area contributed by atoms with Crippen molar-refractivity contribution >= 4 is 62.3 Å². The summed E-state index contributed by atoms with van der Waals surface area (Å²) in [6, 6.07) is 18.1. The maximum Gasteiger partial charge on any atom is 0.244 e. The van der Waals surface area contributed by atoms with Crippen molar-refractivity contribution in [2.45, 2.75) is 52.2 Å². The smallest absolute Gasteiger partial charge is 0.244 e. The first kappa shape index (κ1) is 32.7. The topological polar surface area (TPSA) is 86.8 Å². The molecule has 220 valence electrons. The van der Waals surface area contributed by atoms with Crippen LogP contribution in [0.4, 0.5) is 5.69 Å². The van der Waals surface area contributed by atoms with Gasteiger partial charge in [-0.15, -0.1) is 0 Å². The molecule has 2 amide bonds. The van der Waals surface area contributed by atoms with Crippen molar-refractivity contribution in [3.63, 3.8) is 0 Å². The minimum absolute atomic E-state index is 0.00667. The Morgan fingerprint density at radius 1 is 0.902 bits per heavy atom. The summed E-state index contributed by atoms with van der Waals surface area (Å²) >= 11 is 18.7. The van der Waals surface area contributed by atoms with Gasteiger partial charge >= 0.3 is 0 Å². The molecule has 3 rings (SSSR count). The fourth-order valence-electron chi connectivity index (χ4n) is 4.29. The molecule has 0 saturated carbocycles. The Balaban J connectivity index is 2.11. The molecule has 0 spiro atoms. The van der Waals surface area contributed by atoms with Crippen LogP contribution in [0.15, 0.2) is 66.7 Å². The normalized spacial score (nSPS) is 12.9. The number of benzene rings is 3. The number of nitrogens with zero attached hydrogens (tertiary/aromatic N) is 2. The highest BCUT2D eigenvalue weighted by Gasteiger charge is 2.34. The second-order valence-electron chi connectivity index (χ2n) is 9.95. The number of amides is 2. The van der Waals surface area contributed by atoms with Crippen molar-refractivity contribution in [3.05, 3.63) is 98.5 Å². The molecule has 0 heterocycles. The van der Waals surface area contributed by atoms with E-state index in [1.165, 1.54) is 4.90 Å². The lowest BCUT2D eigenvalue weighted by molar-refractivity contribution is -0.140. The summed E-state index contributed by atoms with van der Waals surface area (Å²) in [5, 5.41) is 4.01. The molecule has 2 atom stereocenters. The van der Waals surface area contributed by atoms with Gasteiger partial charge in [-0.2, -0.15) is 0 Å². The highest BCUT2D eigenvalue weighted by Crippen LogP contribution is 2.29. The highest BCUT2D eigenvalue weighted by atomic mass is 35.5. The molecule has 3 aromatic carbocycles. The van der Waals surface area contributed by atoms with E-state index < -0.39 is 28.5 Å². The van der Waals surface area contributed by atoms with E-state index in [1.54, 1.807) is 43.3 Å². The van der Waals surface area contributed by atoms with Crippen molar-refractivity contribution in [1.82, 2.24) is 10.2 Å². The molecule has 11 heteroatoms. The number of sulfonamides is 1. The van der Waals surface area contributed by atoms with Gasteiger partial charge in [0, 0.05) is 24.0 Å². The third-order valence-electron chi connectivity index (χ3n) is 6.80. The van der Waals surface area contributed by atoms with Gasteiger partial charge in [-0.25, -0.2) is 8.42 Å². The average molecular weight is 639 g/mol. The fraction of sp³-hybridized carbons (Fsp3) is 0.333. The van der Waals surface area contributed by atoms with E-state index in [2.05, 4.69) is 5.32 Å². The monoisotopic (exact) mass is 637 g/mol. The largest absolute Gasteiger partial charge is 0.352 e. The van der Waals surface area contributed by atoms with Crippen molar-refractivity contribution in [2.75, 3.05) is 17.1 Å². The minimum Gasteiger partial charge on any atom is -0.352 e. The lowest BCUT2D eigenvalue weighted by atomic mass is 10.0. The van der Waals surface area contributed by atoms with Crippen LogP contribution in [0.25, 0.3) is 0 Å². The van der Waals surface area contributed by atoms with Crippen LogP contribution in [0.2, 0.25) is 15.1 Å². The van der Waals surface area contributed by atoms with E-state index in [0.717, 1.165) is 16.1 Å². The number of carbonyl (C=O) groups excluding carboxylic acids is 2. The van der Waals surface area contributed by atoms with Gasteiger partial charge in [0.2, 0.25) is 21.8 Å². The van der Waals surface area contributed by atoms with Gasteiger partial charge in [-0.1, -0.05) is 84.2 Å². The van der Waals surface area contributed by atoms with Gasteiger partial charge in [0.25, 0.3) is 0 Å². The van der Waals surface area contributed by atoms with E-state index in [0.29, 0.717) is 32.6 Å². The first-order chi connectivity index (χ1) is 19.3. The average Bonchev–Trinajstić information content (AvgIpc) is 2.92. The molecule has 0 radical (unpaired) electrons. The molecule has 3 aromatic rings. The predicted octanol–water partition coefficient (Wildman–Crippen LogP) is 6.28. The standard InChI is InChI=1S/C30H34Cl3N3O4S/c1-5-20(2)34-30(38)28(17-22-10-7-6-8-11-22)35(18-23-14-15-25(32)26(33)16-23)29(37)19-36(41(4,39)40)27-13-9-12-24(31)21(27)3/h6-16,20,28H,5,17-19H2,1-4H3,(H,34,38)/t20-,28+/m0/s1. The number of nitrogens with one attached hydrogen (secondary N) is 1. The summed E-state index contributed by atoms with van der Waals surface area (Å²) in [5.74, 6) is -0.914. The molecular weight excluding hydrogens is 605 g/mol. The molecule has 7 nitrogen and oxygen atoms in total. The Morgan fingerprint density at radius 3 is 2.20 bits per heavy atom. The number of anilines is 1. The number of hydrogen-bond donors (Lipinski definition) is 1. The Hall–Kier alpha value is -2.78. The van der Waals surface area contributed by atoms with E-state index >= 15 is 0 Å². The summed E-state index contributed by atoms with van der Waals surface area (Å²) < 4.78 is 27.0. The zero-order valence-electron chi connectivity index (χ0n) is 23.4. The Morgan fingerprint density at radius 2 is 1.59 bits per heavy atom. The fourth-order valence-corrected chi connectivity index (χ4v) is 5.68. The van der Waals surface area contributed by atoms with Crippen molar-refractivity contribution in [1.29, 1.82) is 0 Å². The second-order valence-corrected chi connectivity index (χ2v) is 13.1. The van der Waals surface area contributed by atoms with Crippen LogP contribution in [0.5, 0.6) is 0 Å². The number of rotatable bonds is 12. The highest BCUT2D eigenvalue weighted by molar-refractivity contribution is 7.92. The Kier molecular flexibility index (Phi) is 11.5. The molecular formula is C30H34Cl3N3O4S. The lowest BCUT2D eigenvalue weighted by Gasteiger charge is -2.34. The third kappa shape index (κ3) is 8.85. The minimum atomic E-state index is -3.91. The molecule has 1 N–H and O–H groups in total. The van der Waals surface area contributed by atoms with Crippen LogP contribution in [0.3, 0.4) is 0 Å². The van der Waals surface area contributed by atoms with Gasteiger partial charge in [0.05, 0.1) is 22.0 Å². The number of hydrogen-bond acceptors (Lipinski definition) is 4. The molecule has 41 heavy (non-hydrogen) atoms. The summed E-state index contributed by atoms with van der Waals surface area (Å²) in [5.41, 5.74) is 2.27. The second kappa shape index (κ2) is 14.4. The number of carbonyl (C=O) groups is 2. The molecule has 0 bridgehead atoms. The Bertz CT molecular complexity index is 1490. The summed E-state index contributed by atoms with van der Waals surface area (Å²) in [6.45, 7) is 4.98. The lowest BCUT2D eigenvalue weighted by Crippen LogP contribution is -2.54. The van der Waals surface area contributed by atoms with Gasteiger partial charge in [-0.3, -0.25) is 13.9 Å². The summed E-state index contributed by atoms with van der Waals surface area (Å²) in [4.78, 5) is 29.3. The quantitative estimate of drug-likeness (QED) is 0.253. The van der Waals surface area contributed by atoms with Crippen LogP contribution < -0.4 is 9.62 Å². The molecule has 0 unspecified atom stereocenters. The van der Waals surface area contributed by atoms with E-state index in [9.17, 15) is 18.0 Å². The van der Waals surface area contributed by atoms with Gasteiger partial charge < -0.3 is 10.2 Å². The van der Waals surface area contributed by atoms with Crippen LogP contribution in [0, 0.1) is 6.92 Å². The molecule has 0 aliphatic heterocycles. The van der Waals surface area contributed by atoms with E-state index in [-0.39, 0.29) is 30.6 Å². The van der Waals surface area contributed by atoms with Crippen LogP contribution in [-0.2, 0) is 32.6 Å². The van der Waals surface area contributed by atoms with Crippen LogP contribution in [0.1, 0.15) is 37.0 Å². The van der Waals surface area contributed by atoms with Gasteiger partial charge in [0.15, 0.2) is 0 Å². The van der Waals surface area contributed by atoms with Crippen LogP contribution in [-0.4, -0.2) is 50.0 Å². The molecule has 0 aliphatic carbocycles. The zero-order valence-corrected chi connectivity index (χ0v) is 26.5. The molecule has 0 aromatic heterocycles. The first-order valence-electron chi connectivity index (χ1n) is 13.1. The maximum absolute atomic E-state index is 14.2. The van der Waals surface area contributed by atoms with Crippen LogP contribution >= 0.6 is 34.8 Å². The van der Waals surface area contributed by atoms with Gasteiger partial charge in [0.1, 0.15) is 12.6 Å². The third-order valence-corrected chi connectivity index (χ3v) is 9.07. The molecule has 0 aliphatic rings. The van der Waals surface area contributed by atoms with E-state index in [1.807, 2.05) is 44.2 Å². The van der Waals surface area contributed by atoms with Crippen molar-refractivity contribution < 1.29 is 18.0 Å². The summed E-state index contributed by atoms with van der Waals surface area (Å²) in [6.07, 6.45) is 1.94. The SMILES string of the molecule is CC[C@H](C)NC(=O)[C@@H](Cc1ccccc1)N(Cc1ccc(Cl)c(Cl)c1)C(=O)CN(c1cccc(Cl)c1C)S(C)(=O)=O. The summed E-state index contributed by atoms with van der Waals surface area (Å²) in [7, 11) is -3.91. The van der Waals surface area contributed by atoms with E-state index in [4.69, 9.17) is 34.8 Å².